The molecule has 1 amide bonds. The first kappa shape index (κ1) is 16.8. The average molecular weight is 313 g/mol. The number of carbonyl (C=O) groups excluding carboxylic acids is 1. The Balaban J connectivity index is 1.93. The van der Waals surface area contributed by atoms with E-state index in [2.05, 4.69) is 22.5 Å². The van der Waals surface area contributed by atoms with Gasteiger partial charge in [-0.15, -0.1) is 0 Å². The normalized spacial score (nSPS) is 10.9. The van der Waals surface area contributed by atoms with Crippen LogP contribution in [0.5, 0.6) is 5.88 Å². The molecule has 0 radical (unpaired) electrons. The molecule has 0 fully saturated rings. The van der Waals surface area contributed by atoms with Gasteiger partial charge in [-0.25, -0.2) is 4.98 Å². The number of benzene rings is 1. The molecule has 1 aromatic carbocycles. The third-order valence-corrected chi connectivity index (χ3v) is 3.37. The first-order valence-corrected chi connectivity index (χ1v) is 7.86. The van der Waals surface area contributed by atoms with E-state index < -0.39 is 0 Å². The molecule has 0 aliphatic heterocycles. The number of methoxy groups -OCH3 is 1. The van der Waals surface area contributed by atoms with Crippen molar-refractivity contribution in [2.45, 2.75) is 19.8 Å². The number of nitrogens with zero attached hydrogens (tertiary/aromatic N) is 1. The second-order valence-electron chi connectivity index (χ2n) is 5.14. The summed E-state index contributed by atoms with van der Waals surface area (Å²) in [5, 5.41) is 7.21. The molecule has 5 heteroatoms. The van der Waals surface area contributed by atoms with Crippen molar-refractivity contribution in [2.75, 3.05) is 25.5 Å². The summed E-state index contributed by atoms with van der Waals surface area (Å²) >= 11 is 0. The first-order chi connectivity index (χ1) is 11.2. The van der Waals surface area contributed by atoms with Gasteiger partial charge in [0.1, 0.15) is 0 Å². The molecular formula is C18H23N3O2. The zero-order valence-corrected chi connectivity index (χ0v) is 13.6. The molecule has 0 atom stereocenters. The lowest BCUT2D eigenvalue weighted by atomic mass is 10.2. The number of fused-ring (bicyclic) bond motifs is 1. The van der Waals surface area contributed by atoms with Crippen LogP contribution in [0.3, 0.4) is 0 Å². The van der Waals surface area contributed by atoms with Crippen LogP contribution < -0.4 is 15.4 Å². The summed E-state index contributed by atoms with van der Waals surface area (Å²) in [7, 11) is 1.60. The molecule has 0 unspecified atom stereocenters. The fraction of sp³-hybridized carbons (Fsp3) is 0.333. The third kappa shape index (κ3) is 4.98. The van der Waals surface area contributed by atoms with Crippen LogP contribution in [0.2, 0.25) is 0 Å². The fourth-order valence-electron chi connectivity index (χ4n) is 2.20. The highest BCUT2D eigenvalue weighted by Crippen LogP contribution is 2.25. The number of nitrogens with one attached hydrogen (secondary N) is 2. The van der Waals surface area contributed by atoms with Gasteiger partial charge in [0.25, 0.3) is 0 Å². The van der Waals surface area contributed by atoms with E-state index in [0.717, 1.165) is 29.4 Å². The van der Waals surface area contributed by atoms with Crippen molar-refractivity contribution in [3.63, 3.8) is 0 Å². The lowest BCUT2D eigenvalue weighted by molar-refractivity contribution is -0.116. The summed E-state index contributed by atoms with van der Waals surface area (Å²) in [6.45, 7) is 3.26. The monoisotopic (exact) mass is 313 g/mol. The van der Waals surface area contributed by atoms with Crippen LogP contribution in [0.1, 0.15) is 19.8 Å². The number of para-hydroxylation sites is 1. The van der Waals surface area contributed by atoms with Gasteiger partial charge in [0.2, 0.25) is 11.8 Å². The molecule has 0 bridgehead atoms. The second kappa shape index (κ2) is 8.78. The SMILES string of the molecule is CCCC=CC(=O)NCCNc1cc(OC)nc2ccccc12. The zero-order valence-electron chi connectivity index (χ0n) is 13.6. The van der Waals surface area contributed by atoms with Crippen molar-refractivity contribution < 1.29 is 9.53 Å². The van der Waals surface area contributed by atoms with Gasteiger partial charge in [-0.3, -0.25) is 4.79 Å². The van der Waals surface area contributed by atoms with Crippen molar-refractivity contribution in [3.8, 4) is 5.88 Å². The summed E-state index contributed by atoms with van der Waals surface area (Å²) in [5.41, 5.74) is 1.82. The molecule has 0 saturated carbocycles. The van der Waals surface area contributed by atoms with E-state index in [1.54, 1.807) is 13.2 Å². The standard InChI is InChI=1S/C18H23N3O2/c1-3-4-5-10-17(22)20-12-11-19-16-13-18(23-2)21-15-9-7-6-8-14(15)16/h5-10,13H,3-4,11-12H2,1-2H3,(H,19,21)(H,20,22). The maximum atomic E-state index is 11.6. The molecule has 2 aromatic rings. The lowest BCUT2D eigenvalue weighted by Crippen LogP contribution is -2.27. The minimum Gasteiger partial charge on any atom is -0.481 e. The van der Waals surface area contributed by atoms with Crippen LogP contribution in [-0.4, -0.2) is 31.1 Å². The maximum absolute atomic E-state index is 11.6. The summed E-state index contributed by atoms with van der Waals surface area (Å²) in [6, 6.07) is 9.74. The van der Waals surface area contributed by atoms with Crippen molar-refractivity contribution in [2.24, 2.45) is 0 Å². The Labute approximate surface area is 136 Å². The van der Waals surface area contributed by atoms with Gasteiger partial charge in [0.15, 0.2) is 0 Å². The number of hydrogen-bond acceptors (Lipinski definition) is 4. The Morgan fingerprint density at radius 1 is 1.30 bits per heavy atom. The molecule has 0 spiro atoms. The number of aromatic nitrogens is 1. The van der Waals surface area contributed by atoms with Gasteiger partial charge in [0.05, 0.1) is 12.6 Å². The van der Waals surface area contributed by atoms with Gasteiger partial charge in [-0.2, -0.15) is 0 Å². The van der Waals surface area contributed by atoms with Crippen LogP contribution in [0.4, 0.5) is 5.69 Å². The number of hydrogen-bond donors (Lipinski definition) is 2. The maximum Gasteiger partial charge on any atom is 0.243 e. The first-order valence-electron chi connectivity index (χ1n) is 7.86. The van der Waals surface area contributed by atoms with E-state index in [4.69, 9.17) is 4.74 Å². The van der Waals surface area contributed by atoms with E-state index in [1.807, 2.05) is 36.4 Å². The number of amides is 1. The van der Waals surface area contributed by atoms with Crippen molar-refractivity contribution in [1.29, 1.82) is 0 Å². The van der Waals surface area contributed by atoms with Crippen molar-refractivity contribution in [3.05, 3.63) is 42.5 Å². The van der Waals surface area contributed by atoms with E-state index in [-0.39, 0.29) is 5.91 Å². The van der Waals surface area contributed by atoms with Crippen LogP contribution >= 0.6 is 0 Å². The predicted molar refractivity (Wildman–Crippen MR) is 93.8 cm³/mol. The van der Waals surface area contributed by atoms with Crippen molar-refractivity contribution >= 4 is 22.5 Å². The van der Waals surface area contributed by atoms with E-state index in [1.165, 1.54) is 0 Å². The smallest absolute Gasteiger partial charge is 0.243 e. The topological polar surface area (TPSA) is 63.2 Å². The quantitative estimate of drug-likeness (QED) is 0.580. The molecule has 1 heterocycles. The molecule has 0 saturated heterocycles. The fourth-order valence-corrected chi connectivity index (χ4v) is 2.20. The summed E-state index contributed by atoms with van der Waals surface area (Å²) < 4.78 is 5.23. The van der Waals surface area contributed by atoms with E-state index >= 15 is 0 Å². The highest BCUT2D eigenvalue weighted by molar-refractivity contribution is 5.92. The molecule has 0 aliphatic rings. The van der Waals surface area contributed by atoms with E-state index in [0.29, 0.717) is 19.0 Å². The van der Waals surface area contributed by atoms with E-state index in [9.17, 15) is 4.79 Å². The third-order valence-electron chi connectivity index (χ3n) is 3.37. The Kier molecular flexibility index (Phi) is 6.41. The minimum atomic E-state index is -0.0579. The molecule has 2 rings (SSSR count). The predicted octanol–water partition coefficient (Wildman–Crippen LogP) is 3.13. The molecule has 1 aromatic heterocycles. The number of anilines is 1. The Hall–Kier alpha value is -2.56. The second-order valence-corrected chi connectivity index (χ2v) is 5.14. The highest BCUT2D eigenvalue weighted by atomic mass is 16.5. The Morgan fingerprint density at radius 2 is 2.13 bits per heavy atom. The van der Waals surface area contributed by atoms with Gasteiger partial charge in [-0.1, -0.05) is 37.6 Å². The number of allylic oxidation sites excluding steroid dienone is 1. The lowest BCUT2D eigenvalue weighted by Gasteiger charge is -2.11. The van der Waals surface area contributed by atoms with Gasteiger partial charge in [0, 0.05) is 30.2 Å². The molecule has 122 valence electrons. The van der Waals surface area contributed by atoms with Crippen LogP contribution in [0.15, 0.2) is 42.5 Å². The van der Waals surface area contributed by atoms with Gasteiger partial charge in [-0.05, 0) is 18.6 Å². The number of rotatable bonds is 8. The Morgan fingerprint density at radius 3 is 2.91 bits per heavy atom. The van der Waals surface area contributed by atoms with Crippen molar-refractivity contribution in [1.82, 2.24) is 10.3 Å². The largest absolute Gasteiger partial charge is 0.481 e. The zero-order chi connectivity index (χ0) is 16.5. The van der Waals surface area contributed by atoms with Gasteiger partial charge >= 0.3 is 0 Å². The van der Waals surface area contributed by atoms with Crippen LogP contribution in [0, 0.1) is 0 Å². The molecule has 23 heavy (non-hydrogen) atoms. The molecule has 0 aliphatic carbocycles. The number of unbranched alkanes of at least 4 members (excludes halogenated alkanes) is 1. The number of pyridine rings is 1. The number of ether oxygens (including phenoxy) is 1. The molecule has 5 nitrogen and oxygen atoms in total. The molecular weight excluding hydrogens is 290 g/mol. The van der Waals surface area contributed by atoms with Crippen LogP contribution in [-0.2, 0) is 4.79 Å². The number of carbonyl (C=O) groups is 1. The van der Waals surface area contributed by atoms with Gasteiger partial charge < -0.3 is 15.4 Å². The minimum absolute atomic E-state index is 0.0579. The summed E-state index contributed by atoms with van der Waals surface area (Å²) in [5.74, 6) is 0.509. The van der Waals surface area contributed by atoms with Crippen LogP contribution in [0.25, 0.3) is 10.9 Å². The summed E-state index contributed by atoms with van der Waals surface area (Å²) in [4.78, 5) is 16.0. The average Bonchev–Trinajstić information content (AvgIpc) is 2.58. The summed E-state index contributed by atoms with van der Waals surface area (Å²) in [6.07, 6.45) is 5.45. The highest BCUT2D eigenvalue weighted by Gasteiger charge is 2.05. The Bertz CT molecular complexity index is 683. The molecule has 2 N–H and O–H groups in total.